The van der Waals surface area contributed by atoms with Crippen molar-refractivity contribution >= 4 is 59.7 Å². The summed E-state index contributed by atoms with van der Waals surface area (Å²) in [6.07, 6.45) is 0. The molecule has 9 aromatic rings. The Bertz CT molecular complexity index is 2550. The van der Waals surface area contributed by atoms with Gasteiger partial charge in [-0.15, -0.1) is 0 Å². The molecule has 0 aliphatic rings. The maximum Gasteiger partial charge on any atom is 0.238 e. The van der Waals surface area contributed by atoms with Crippen molar-refractivity contribution in [2.24, 2.45) is 0 Å². The van der Waals surface area contributed by atoms with E-state index in [1.165, 1.54) is 0 Å². The first-order valence-electron chi connectivity index (χ1n) is 14.7. The van der Waals surface area contributed by atoms with Crippen molar-refractivity contribution < 1.29 is 4.42 Å². The topological polar surface area (TPSA) is 56.7 Å². The number of hydrogen-bond donors (Lipinski definition) is 0. The fourth-order valence-corrected chi connectivity index (χ4v) is 6.85. The van der Waals surface area contributed by atoms with Crippen molar-refractivity contribution in [2.45, 2.75) is 0 Å². The number of aromatic nitrogens is 4. The fourth-order valence-electron chi connectivity index (χ4n) is 6.30. The Labute approximate surface area is 266 Å². The number of fused-ring (bicyclic) bond motifs is 6. The van der Waals surface area contributed by atoms with Crippen LogP contribution >= 0.6 is 15.9 Å². The highest BCUT2D eigenvalue weighted by molar-refractivity contribution is 9.10. The zero-order chi connectivity index (χ0) is 29.9. The van der Waals surface area contributed by atoms with Crippen LogP contribution in [0.25, 0.3) is 83.6 Å². The molecule has 0 saturated heterocycles. The maximum absolute atomic E-state index is 6.24. The summed E-state index contributed by atoms with van der Waals surface area (Å²) in [6.45, 7) is 0. The summed E-state index contributed by atoms with van der Waals surface area (Å²) in [4.78, 5) is 15.5. The van der Waals surface area contributed by atoms with Crippen LogP contribution < -0.4 is 0 Å². The summed E-state index contributed by atoms with van der Waals surface area (Å²) < 4.78 is 9.34. The van der Waals surface area contributed by atoms with E-state index >= 15 is 0 Å². The van der Waals surface area contributed by atoms with Gasteiger partial charge in [0.2, 0.25) is 5.95 Å². The molecule has 0 saturated carbocycles. The van der Waals surface area contributed by atoms with Gasteiger partial charge in [0.05, 0.1) is 11.0 Å². The van der Waals surface area contributed by atoms with Crippen LogP contribution in [0.15, 0.2) is 148 Å². The van der Waals surface area contributed by atoms with Gasteiger partial charge in [0.25, 0.3) is 0 Å². The Morgan fingerprint density at radius 2 is 1.13 bits per heavy atom. The van der Waals surface area contributed by atoms with Crippen LogP contribution in [0.5, 0.6) is 0 Å². The molecule has 212 valence electrons. The molecule has 3 aromatic heterocycles. The molecule has 5 nitrogen and oxygen atoms in total. The number of halogens is 1. The first-order valence-corrected chi connectivity index (χ1v) is 15.5. The van der Waals surface area contributed by atoms with Crippen LogP contribution in [0.4, 0.5) is 0 Å². The van der Waals surface area contributed by atoms with Crippen LogP contribution in [-0.2, 0) is 0 Å². The average Bonchev–Trinajstić information content (AvgIpc) is 3.65. The van der Waals surface area contributed by atoms with Crippen LogP contribution in [0, 0.1) is 0 Å². The zero-order valence-corrected chi connectivity index (χ0v) is 25.4. The molecule has 0 spiro atoms. The minimum absolute atomic E-state index is 0.546. The maximum atomic E-state index is 6.24. The van der Waals surface area contributed by atoms with Gasteiger partial charge in [-0.25, -0.2) is 4.98 Å². The van der Waals surface area contributed by atoms with E-state index < -0.39 is 0 Å². The van der Waals surface area contributed by atoms with Gasteiger partial charge in [-0.2, -0.15) is 9.97 Å². The Kier molecular flexibility index (Phi) is 5.89. The van der Waals surface area contributed by atoms with Gasteiger partial charge in [0.1, 0.15) is 11.2 Å². The molecule has 0 aliphatic heterocycles. The van der Waals surface area contributed by atoms with E-state index in [4.69, 9.17) is 19.4 Å². The minimum Gasteiger partial charge on any atom is -0.456 e. The summed E-state index contributed by atoms with van der Waals surface area (Å²) in [5.41, 5.74) is 7.75. The monoisotopic (exact) mass is 642 g/mol. The van der Waals surface area contributed by atoms with E-state index in [1.807, 2.05) is 36.4 Å². The second-order valence-corrected chi connectivity index (χ2v) is 11.8. The molecule has 6 heteroatoms. The van der Waals surface area contributed by atoms with Crippen molar-refractivity contribution in [3.05, 3.63) is 144 Å². The number of nitrogens with zero attached hydrogens (tertiary/aromatic N) is 4. The quantitative estimate of drug-likeness (QED) is 0.192. The summed E-state index contributed by atoms with van der Waals surface area (Å²) in [5.74, 6) is 1.72. The lowest BCUT2D eigenvalue weighted by Crippen LogP contribution is -2.06. The highest BCUT2D eigenvalue weighted by atomic mass is 79.9. The Morgan fingerprint density at radius 1 is 0.489 bits per heavy atom. The van der Waals surface area contributed by atoms with Crippen molar-refractivity contribution in [2.75, 3.05) is 0 Å². The van der Waals surface area contributed by atoms with E-state index in [0.29, 0.717) is 17.6 Å². The van der Waals surface area contributed by atoms with Gasteiger partial charge in [0.15, 0.2) is 11.6 Å². The highest BCUT2D eigenvalue weighted by Crippen LogP contribution is 2.38. The largest absolute Gasteiger partial charge is 0.456 e. The fraction of sp³-hybridized carbons (Fsp3) is 0. The minimum atomic E-state index is 0.546. The predicted octanol–water partition coefficient (Wildman–Crippen LogP) is 10.6. The second-order valence-electron chi connectivity index (χ2n) is 11.0. The van der Waals surface area contributed by atoms with Gasteiger partial charge in [-0.1, -0.05) is 115 Å². The molecule has 0 bridgehead atoms. The molecule has 0 aliphatic carbocycles. The summed E-state index contributed by atoms with van der Waals surface area (Å²) in [7, 11) is 0. The SMILES string of the molecule is Brc1cccc2c3ccccc3n(-c3nc(-c4ccc(-c5ccccc5)cc4)nc(-c4cccc5oc6ccccc6c45)n3)c12. The number of rotatable bonds is 4. The molecule has 6 aromatic carbocycles. The van der Waals surface area contributed by atoms with E-state index in [9.17, 15) is 0 Å². The number of para-hydroxylation sites is 3. The molecule has 0 N–H and O–H groups in total. The van der Waals surface area contributed by atoms with Gasteiger partial charge < -0.3 is 4.42 Å². The van der Waals surface area contributed by atoms with Crippen molar-refractivity contribution in [3.8, 4) is 39.9 Å². The molecular weight excluding hydrogens is 620 g/mol. The first-order chi connectivity index (χ1) is 22.2. The smallest absolute Gasteiger partial charge is 0.238 e. The van der Waals surface area contributed by atoms with Gasteiger partial charge in [0, 0.05) is 37.1 Å². The lowest BCUT2D eigenvalue weighted by molar-refractivity contribution is 0.669. The molecule has 0 radical (unpaired) electrons. The molecule has 45 heavy (non-hydrogen) atoms. The molecular formula is C39H23BrN4O. The van der Waals surface area contributed by atoms with Crippen LogP contribution in [-0.4, -0.2) is 19.5 Å². The third-order valence-corrected chi connectivity index (χ3v) is 9.00. The lowest BCUT2D eigenvalue weighted by Gasteiger charge is -2.12. The third kappa shape index (κ3) is 4.18. The molecule has 3 heterocycles. The van der Waals surface area contributed by atoms with Crippen molar-refractivity contribution in [3.63, 3.8) is 0 Å². The number of hydrogen-bond acceptors (Lipinski definition) is 4. The van der Waals surface area contributed by atoms with Gasteiger partial charge in [-0.05, 0) is 51.3 Å². The number of furan rings is 1. The van der Waals surface area contributed by atoms with E-state index in [2.05, 4.69) is 124 Å². The van der Waals surface area contributed by atoms with E-state index in [-0.39, 0.29) is 0 Å². The van der Waals surface area contributed by atoms with Gasteiger partial charge >= 0.3 is 0 Å². The summed E-state index contributed by atoms with van der Waals surface area (Å²) >= 11 is 3.83. The first kappa shape index (κ1) is 25.9. The van der Waals surface area contributed by atoms with Crippen LogP contribution in [0.1, 0.15) is 0 Å². The standard InChI is InChI=1S/C39H23BrN4O/c40-31-16-8-14-28-27-12-4-6-17-32(27)44(36(28)31)39-42-37(26-22-20-25(21-23-26)24-10-2-1-3-11-24)41-38(43-39)30-15-9-19-34-35(30)29-13-5-7-18-33(29)45-34/h1-23H. The predicted molar refractivity (Wildman–Crippen MR) is 185 cm³/mol. The Balaban J connectivity index is 1.33. The van der Waals surface area contributed by atoms with E-state index in [0.717, 1.165) is 70.5 Å². The van der Waals surface area contributed by atoms with Crippen molar-refractivity contribution in [1.29, 1.82) is 0 Å². The second kappa shape index (κ2) is 10.3. The van der Waals surface area contributed by atoms with Crippen LogP contribution in [0.2, 0.25) is 0 Å². The molecule has 0 amide bonds. The zero-order valence-electron chi connectivity index (χ0n) is 23.9. The Hall–Kier alpha value is -5.59. The normalized spacial score (nSPS) is 11.7. The van der Waals surface area contributed by atoms with Crippen LogP contribution in [0.3, 0.4) is 0 Å². The molecule has 0 unspecified atom stereocenters. The van der Waals surface area contributed by atoms with Gasteiger partial charge in [-0.3, -0.25) is 4.57 Å². The third-order valence-electron chi connectivity index (χ3n) is 8.36. The molecule has 0 fully saturated rings. The lowest BCUT2D eigenvalue weighted by atomic mass is 10.0. The molecule has 9 rings (SSSR count). The summed E-state index contributed by atoms with van der Waals surface area (Å²) in [6, 6.07) is 47.6. The summed E-state index contributed by atoms with van der Waals surface area (Å²) in [5, 5.41) is 4.27. The number of benzene rings is 6. The van der Waals surface area contributed by atoms with E-state index in [1.54, 1.807) is 0 Å². The highest BCUT2D eigenvalue weighted by Gasteiger charge is 2.21. The average molecular weight is 644 g/mol. The van der Waals surface area contributed by atoms with Crippen molar-refractivity contribution in [1.82, 2.24) is 19.5 Å². The molecule has 0 atom stereocenters. The Morgan fingerprint density at radius 3 is 2.00 bits per heavy atom.